The Bertz CT molecular complexity index is 599. The third-order valence-electron chi connectivity index (χ3n) is 4.12. The number of rotatable bonds is 0. The first-order valence-corrected chi connectivity index (χ1v) is 6.73. The van der Waals surface area contributed by atoms with E-state index in [2.05, 4.69) is 76.3 Å². The van der Waals surface area contributed by atoms with Crippen LogP contribution in [0.3, 0.4) is 0 Å². The maximum Gasteiger partial charge on any atom is -0.0155 e. The first-order valence-electron chi connectivity index (χ1n) is 6.73. The van der Waals surface area contributed by atoms with Crippen molar-refractivity contribution in [2.75, 3.05) is 0 Å². The number of hydrogen-bond donors (Lipinski definition) is 0. The minimum atomic E-state index is 0.570. The lowest BCUT2D eigenvalue weighted by atomic mass is 9.87. The van der Waals surface area contributed by atoms with Gasteiger partial charge in [-0.05, 0) is 41.7 Å². The summed E-state index contributed by atoms with van der Waals surface area (Å²) in [5.74, 6) is 1.14. The molecule has 1 aliphatic rings. The number of allylic oxidation sites excluding steroid dienone is 4. The SMILES string of the molecule is CC1=c2\cccc\c2=C(/C)C(C)C(C)/C=C\C=C\1. The summed E-state index contributed by atoms with van der Waals surface area (Å²) in [4.78, 5) is 0. The van der Waals surface area contributed by atoms with Crippen molar-refractivity contribution in [3.63, 3.8) is 0 Å². The third-order valence-corrected chi connectivity index (χ3v) is 4.12. The van der Waals surface area contributed by atoms with Crippen molar-refractivity contribution in [2.45, 2.75) is 27.7 Å². The second-order valence-corrected chi connectivity index (χ2v) is 5.30. The Morgan fingerprint density at radius 2 is 1.56 bits per heavy atom. The molecule has 0 saturated carbocycles. The van der Waals surface area contributed by atoms with Crippen molar-refractivity contribution < 1.29 is 0 Å². The molecule has 0 N–H and O–H groups in total. The molecule has 1 aromatic carbocycles. The Balaban J connectivity index is 2.84. The van der Waals surface area contributed by atoms with Gasteiger partial charge in [-0.25, -0.2) is 0 Å². The highest BCUT2D eigenvalue weighted by Gasteiger charge is 2.12. The van der Waals surface area contributed by atoms with Crippen LogP contribution in [0, 0.1) is 11.8 Å². The van der Waals surface area contributed by atoms with Crippen molar-refractivity contribution in [2.24, 2.45) is 11.8 Å². The van der Waals surface area contributed by atoms with Crippen LogP contribution in [0.1, 0.15) is 27.7 Å². The molecule has 0 heteroatoms. The molecular formula is C18H22. The van der Waals surface area contributed by atoms with Crippen molar-refractivity contribution in [1.29, 1.82) is 0 Å². The Morgan fingerprint density at radius 1 is 0.889 bits per heavy atom. The average Bonchev–Trinajstić information content (AvgIpc) is 2.40. The highest BCUT2D eigenvalue weighted by Crippen LogP contribution is 2.21. The zero-order valence-corrected chi connectivity index (χ0v) is 11.8. The van der Waals surface area contributed by atoms with E-state index in [4.69, 9.17) is 0 Å². The van der Waals surface area contributed by atoms with E-state index in [0.29, 0.717) is 11.8 Å². The van der Waals surface area contributed by atoms with Gasteiger partial charge in [-0.3, -0.25) is 0 Å². The quantitative estimate of drug-likeness (QED) is 0.649. The molecule has 0 radical (unpaired) electrons. The summed E-state index contributed by atoms with van der Waals surface area (Å²) < 4.78 is 0. The highest BCUT2D eigenvalue weighted by molar-refractivity contribution is 5.58. The monoisotopic (exact) mass is 238 g/mol. The fraction of sp³-hybridized carbons (Fsp3) is 0.333. The smallest absolute Gasteiger partial charge is 0.0155 e. The third kappa shape index (κ3) is 2.48. The van der Waals surface area contributed by atoms with E-state index in [9.17, 15) is 0 Å². The zero-order valence-electron chi connectivity index (χ0n) is 11.8. The normalized spacial score (nSPS) is 33.6. The molecule has 18 heavy (non-hydrogen) atoms. The fourth-order valence-electron chi connectivity index (χ4n) is 2.51. The summed E-state index contributed by atoms with van der Waals surface area (Å²) in [7, 11) is 0. The molecule has 0 saturated heterocycles. The van der Waals surface area contributed by atoms with Gasteiger partial charge in [0.15, 0.2) is 0 Å². The van der Waals surface area contributed by atoms with E-state index in [1.165, 1.54) is 21.6 Å². The van der Waals surface area contributed by atoms with Crippen molar-refractivity contribution in [1.82, 2.24) is 0 Å². The van der Waals surface area contributed by atoms with Gasteiger partial charge in [0.2, 0.25) is 0 Å². The maximum absolute atomic E-state index is 2.32. The van der Waals surface area contributed by atoms with E-state index in [1.807, 2.05) is 0 Å². The molecule has 0 aromatic heterocycles. The van der Waals surface area contributed by atoms with Gasteiger partial charge in [-0.15, -0.1) is 0 Å². The highest BCUT2D eigenvalue weighted by atomic mass is 14.2. The minimum Gasteiger partial charge on any atom is -0.0811 e. The van der Waals surface area contributed by atoms with Crippen LogP contribution >= 0.6 is 0 Å². The van der Waals surface area contributed by atoms with Crippen LogP contribution in [0.2, 0.25) is 0 Å². The molecule has 0 bridgehead atoms. The van der Waals surface area contributed by atoms with Gasteiger partial charge in [0.25, 0.3) is 0 Å². The summed E-state index contributed by atoms with van der Waals surface area (Å²) in [6, 6.07) is 8.73. The van der Waals surface area contributed by atoms with Gasteiger partial charge in [-0.1, -0.05) is 68.0 Å². The molecule has 0 fully saturated rings. The molecule has 94 valence electrons. The first-order chi connectivity index (χ1) is 8.61. The van der Waals surface area contributed by atoms with Crippen molar-refractivity contribution >= 4 is 11.1 Å². The Hall–Kier alpha value is -1.56. The van der Waals surface area contributed by atoms with Gasteiger partial charge >= 0.3 is 0 Å². The lowest BCUT2D eigenvalue weighted by molar-refractivity contribution is 0.568. The molecular weight excluding hydrogens is 216 g/mol. The lowest BCUT2D eigenvalue weighted by Gasteiger charge is -2.18. The van der Waals surface area contributed by atoms with Gasteiger partial charge in [0.1, 0.15) is 0 Å². The van der Waals surface area contributed by atoms with Gasteiger partial charge in [0, 0.05) is 0 Å². The van der Waals surface area contributed by atoms with Gasteiger partial charge in [-0.2, -0.15) is 0 Å². The Labute approximate surface area is 110 Å². The second kappa shape index (κ2) is 5.39. The maximum atomic E-state index is 2.32. The lowest BCUT2D eigenvalue weighted by Crippen LogP contribution is -2.30. The number of benzene rings is 1. The van der Waals surface area contributed by atoms with Gasteiger partial charge in [0.05, 0.1) is 0 Å². The second-order valence-electron chi connectivity index (χ2n) is 5.30. The van der Waals surface area contributed by atoms with Crippen LogP contribution < -0.4 is 10.4 Å². The fourth-order valence-corrected chi connectivity index (χ4v) is 2.51. The molecule has 2 atom stereocenters. The molecule has 0 spiro atoms. The average molecular weight is 238 g/mol. The van der Waals surface area contributed by atoms with Crippen LogP contribution in [-0.2, 0) is 0 Å². The van der Waals surface area contributed by atoms with Crippen LogP contribution in [0.15, 0.2) is 48.6 Å². The summed E-state index contributed by atoms with van der Waals surface area (Å²) in [6.07, 6.45) is 8.82. The van der Waals surface area contributed by atoms with Crippen LogP contribution in [-0.4, -0.2) is 0 Å². The van der Waals surface area contributed by atoms with E-state index < -0.39 is 0 Å². The summed E-state index contributed by atoms with van der Waals surface area (Å²) in [5.41, 5.74) is 2.81. The standard InChI is InChI=1S/C18H22/c1-13-9-5-6-10-14(2)17-11-7-8-12-18(17)16(4)15(13)3/h5-13,15H,1-4H3/b9-5-,10-6+,17-14-,18-16-. The number of fused-ring (bicyclic) bond motifs is 1. The minimum absolute atomic E-state index is 0.570. The molecule has 1 aliphatic carbocycles. The molecule has 0 aliphatic heterocycles. The summed E-state index contributed by atoms with van der Waals surface area (Å²) in [6.45, 7) is 9.07. The number of hydrogen-bond acceptors (Lipinski definition) is 0. The first kappa shape index (κ1) is 12.9. The van der Waals surface area contributed by atoms with E-state index in [-0.39, 0.29) is 0 Å². The summed E-state index contributed by atoms with van der Waals surface area (Å²) in [5, 5.41) is 2.76. The Morgan fingerprint density at radius 3 is 2.28 bits per heavy atom. The molecule has 0 nitrogen and oxygen atoms in total. The largest absolute Gasteiger partial charge is 0.0811 e. The molecule has 2 unspecified atom stereocenters. The zero-order chi connectivity index (χ0) is 13.1. The van der Waals surface area contributed by atoms with Crippen LogP contribution in [0.4, 0.5) is 0 Å². The van der Waals surface area contributed by atoms with Crippen molar-refractivity contribution in [3.05, 3.63) is 59.0 Å². The van der Waals surface area contributed by atoms with Crippen molar-refractivity contribution in [3.8, 4) is 0 Å². The Kier molecular flexibility index (Phi) is 3.86. The predicted molar refractivity (Wildman–Crippen MR) is 80.5 cm³/mol. The van der Waals surface area contributed by atoms with E-state index >= 15 is 0 Å². The topological polar surface area (TPSA) is 0 Å². The van der Waals surface area contributed by atoms with Crippen LogP contribution in [0.25, 0.3) is 11.1 Å². The van der Waals surface area contributed by atoms with E-state index in [0.717, 1.165) is 0 Å². The van der Waals surface area contributed by atoms with Gasteiger partial charge < -0.3 is 0 Å². The molecule has 2 rings (SSSR count). The predicted octanol–water partition coefficient (Wildman–Crippen LogP) is 3.43. The molecule has 0 heterocycles. The molecule has 0 amide bonds. The van der Waals surface area contributed by atoms with Crippen LogP contribution in [0.5, 0.6) is 0 Å². The van der Waals surface area contributed by atoms with E-state index in [1.54, 1.807) is 0 Å². The molecule has 1 aromatic rings. The summed E-state index contributed by atoms with van der Waals surface area (Å²) >= 11 is 0.